The molecule has 4 aromatic rings. The first-order chi connectivity index (χ1) is 17.6. The minimum Gasteiger partial charge on any atom is -0.345 e. The van der Waals surface area contributed by atoms with Crippen molar-refractivity contribution in [2.75, 3.05) is 33.2 Å². The summed E-state index contributed by atoms with van der Waals surface area (Å²) in [6.45, 7) is 6.80. The number of pyridine rings is 1. The first kappa shape index (κ1) is 24.2. The highest BCUT2D eigenvalue weighted by atomic mass is 16.1. The lowest BCUT2D eigenvalue weighted by Gasteiger charge is -2.33. The van der Waals surface area contributed by atoms with E-state index < -0.39 is 0 Å². The number of aromatic nitrogens is 1. The molecule has 1 aromatic heterocycles. The molecule has 0 unspecified atom stereocenters. The maximum absolute atomic E-state index is 14.1. The molecule has 2 heterocycles. The predicted molar refractivity (Wildman–Crippen MR) is 147 cm³/mol. The smallest absolute Gasteiger partial charge is 0.252 e. The van der Waals surface area contributed by atoms with Gasteiger partial charge in [0.15, 0.2) is 0 Å². The van der Waals surface area contributed by atoms with Crippen molar-refractivity contribution in [3.8, 4) is 11.3 Å². The molecule has 1 fully saturated rings. The van der Waals surface area contributed by atoms with E-state index in [0.29, 0.717) is 6.54 Å². The van der Waals surface area contributed by atoms with Gasteiger partial charge in [0.05, 0.1) is 22.8 Å². The van der Waals surface area contributed by atoms with Gasteiger partial charge in [0.1, 0.15) is 0 Å². The van der Waals surface area contributed by atoms with Gasteiger partial charge in [-0.1, -0.05) is 85.8 Å². The van der Waals surface area contributed by atoms with E-state index in [-0.39, 0.29) is 11.9 Å². The van der Waals surface area contributed by atoms with E-state index in [1.807, 2.05) is 60.7 Å². The molecule has 0 aliphatic carbocycles. The zero-order valence-corrected chi connectivity index (χ0v) is 21.2. The summed E-state index contributed by atoms with van der Waals surface area (Å²) in [5.74, 6) is -0.0365. The van der Waals surface area contributed by atoms with E-state index in [0.717, 1.165) is 71.5 Å². The average Bonchev–Trinajstić information content (AvgIpc) is 2.93. The molecule has 1 aliphatic heterocycles. The SMILES string of the molecule is CC[C@H](NC(=O)c1c(CN2CCN(C)CC2)c(-c2ccccc2)nc2ccccc12)c1ccccc1. The van der Waals surface area contributed by atoms with E-state index in [2.05, 4.69) is 53.4 Å². The van der Waals surface area contributed by atoms with Gasteiger partial charge in [0.25, 0.3) is 5.91 Å². The number of nitrogens with one attached hydrogen (secondary N) is 1. The topological polar surface area (TPSA) is 48.5 Å². The number of amides is 1. The summed E-state index contributed by atoms with van der Waals surface area (Å²) in [6, 6.07) is 28.5. The second-order valence-electron chi connectivity index (χ2n) is 9.62. The highest BCUT2D eigenvalue weighted by Crippen LogP contribution is 2.32. The summed E-state index contributed by atoms with van der Waals surface area (Å²) in [5.41, 5.74) is 5.65. The fourth-order valence-electron chi connectivity index (χ4n) is 5.07. The molecule has 0 bridgehead atoms. The van der Waals surface area contributed by atoms with Gasteiger partial charge < -0.3 is 10.2 Å². The van der Waals surface area contributed by atoms with E-state index >= 15 is 0 Å². The molecule has 1 saturated heterocycles. The van der Waals surface area contributed by atoms with Crippen LogP contribution in [0.5, 0.6) is 0 Å². The van der Waals surface area contributed by atoms with Gasteiger partial charge in [-0.05, 0) is 25.1 Å². The monoisotopic (exact) mass is 478 g/mol. The van der Waals surface area contributed by atoms with Crippen LogP contribution in [0.25, 0.3) is 22.2 Å². The van der Waals surface area contributed by atoms with Crippen LogP contribution in [0.15, 0.2) is 84.9 Å². The first-order valence-corrected chi connectivity index (χ1v) is 12.9. The van der Waals surface area contributed by atoms with Gasteiger partial charge in [0.2, 0.25) is 0 Å². The van der Waals surface area contributed by atoms with Crippen LogP contribution in [-0.4, -0.2) is 53.9 Å². The highest BCUT2D eigenvalue weighted by molar-refractivity contribution is 6.09. The number of benzene rings is 3. The second kappa shape index (κ2) is 11.0. The zero-order valence-electron chi connectivity index (χ0n) is 21.2. The third kappa shape index (κ3) is 5.18. The Balaban J connectivity index is 1.63. The molecule has 1 amide bonds. The van der Waals surface area contributed by atoms with Crippen molar-refractivity contribution in [1.82, 2.24) is 20.1 Å². The number of carbonyl (C=O) groups is 1. The molecule has 3 aromatic carbocycles. The second-order valence-corrected chi connectivity index (χ2v) is 9.62. The van der Waals surface area contributed by atoms with Crippen molar-refractivity contribution in [2.45, 2.75) is 25.9 Å². The molecule has 5 rings (SSSR count). The van der Waals surface area contributed by atoms with Gasteiger partial charge in [-0.2, -0.15) is 0 Å². The van der Waals surface area contributed by atoms with Crippen molar-refractivity contribution < 1.29 is 4.79 Å². The van der Waals surface area contributed by atoms with Crippen LogP contribution >= 0.6 is 0 Å². The molecular weight excluding hydrogens is 444 g/mol. The van der Waals surface area contributed by atoms with Gasteiger partial charge >= 0.3 is 0 Å². The van der Waals surface area contributed by atoms with Crippen molar-refractivity contribution in [3.05, 3.63) is 102 Å². The number of hydrogen-bond acceptors (Lipinski definition) is 4. The van der Waals surface area contributed by atoms with Crippen molar-refractivity contribution in [2.24, 2.45) is 0 Å². The Hall–Kier alpha value is -3.54. The molecule has 184 valence electrons. The summed E-state index contributed by atoms with van der Waals surface area (Å²) >= 11 is 0. The number of para-hydroxylation sites is 1. The fraction of sp³-hybridized carbons (Fsp3) is 0.290. The molecule has 1 N–H and O–H groups in total. The summed E-state index contributed by atoms with van der Waals surface area (Å²) in [7, 11) is 2.16. The zero-order chi connectivity index (χ0) is 24.9. The summed E-state index contributed by atoms with van der Waals surface area (Å²) in [5, 5.41) is 4.27. The number of fused-ring (bicyclic) bond motifs is 1. The van der Waals surface area contributed by atoms with Crippen LogP contribution in [0.4, 0.5) is 0 Å². The van der Waals surface area contributed by atoms with E-state index in [9.17, 15) is 4.79 Å². The molecule has 0 saturated carbocycles. The fourth-order valence-corrected chi connectivity index (χ4v) is 5.07. The first-order valence-electron chi connectivity index (χ1n) is 12.9. The quantitative estimate of drug-likeness (QED) is 0.379. The molecular formula is C31H34N4O. The molecule has 36 heavy (non-hydrogen) atoms. The Labute approximate surface area is 213 Å². The Kier molecular flexibility index (Phi) is 7.40. The Bertz CT molecular complexity index is 1310. The Morgan fingerprint density at radius 2 is 1.53 bits per heavy atom. The third-order valence-corrected chi connectivity index (χ3v) is 7.16. The van der Waals surface area contributed by atoms with Crippen LogP contribution in [-0.2, 0) is 6.54 Å². The highest BCUT2D eigenvalue weighted by Gasteiger charge is 2.26. The Morgan fingerprint density at radius 3 is 2.22 bits per heavy atom. The minimum absolute atomic E-state index is 0.0365. The maximum Gasteiger partial charge on any atom is 0.252 e. The van der Waals surface area contributed by atoms with Crippen LogP contribution in [0.2, 0.25) is 0 Å². The van der Waals surface area contributed by atoms with Crippen LogP contribution in [0, 0.1) is 0 Å². The number of piperazine rings is 1. The molecule has 1 atom stereocenters. The summed E-state index contributed by atoms with van der Waals surface area (Å²) < 4.78 is 0. The molecule has 0 spiro atoms. The third-order valence-electron chi connectivity index (χ3n) is 7.16. The average molecular weight is 479 g/mol. The largest absolute Gasteiger partial charge is 0.345 e. The minimum atomic E-state index is -0.0534. The lowest BCUT2D eigenvalue weighted by atomic mass is 9.94. The van der Waals surface area contributed by atoms with E-state index in [1.54, 1.807) is 0 Å². The van der Waals surface area contributed by atoms with Gasteiger partial charge in [-0.25, -0.2) is 4.98 Å². The molecule has 5 heteroatoms. The normalized spacial score (nSPS) is 15.6. The van der Waals surface area contributed by atoms with Gasteiger partial charge in [-0.15, -0.1) is 0 Å². The maximum atomic E-state index is 14.1. The van der Waals surface area contributed by atoms with Gasteiger partial charge in [0, 0.05) is 49.2 Å². The molecule has 0 radical (unpaired) electrons. The Morgan fingerprint density at radius 1 is 0.889 bits per heavy atom. The molecule has 5 nitrogen and oxygen atoms in total. The van der Waals surface area contributed by atoms with Crippen molar-refractivity contribution in [1.29, 1.82) is 0 Å². The van der Waals surface area contributed by atoms with Crippen molar-refractivity contribution >= 4 is 16.8 Å². The standard InChI is InChI=1S/C31H34N4O/c1-3-27(23-12-6-4-7-13-23)33-31(36)29-25-16-10-11-17-28(25)32-30(24-14-8-5-9-15-24)26(29)22-35-20-18-34(2)19-21-35/h4-17,27H,3,18-22H2,1-2H3,(H,33,36)/t27-/m0/s1. The lowest BCUT2D eigenvalue weighted by molar-refractivity contribution is 0.0933. The van der Waals surface area contributed by atoms with E-state index in [4.69, 9.17) is 4.98 Å². The predicted octanol–water partition coefficient (Wildman–Crippen LogP) is 5.53. The summed E-state index contributed by atoms with van der Waals surface area (Å²) in [4.78, 5) is 24.0. The number of likely N-dealkylation sites (N-methyl/N-ethyl adjacent to an activating group) is 1. The number of hydrogen-bond donors (Lipinski definition) is 1. The van der Waals surface area contributed by atoms with Crippen LogP contribution in [0.1, 0.15) is 40.9 Å². The van der Waals surface area contributed by atoms with Crippen LogP contribution < -0.4 is 5.32 Å². The molecule has 1 aliphatic rings. The summed E-state index contributed by atoms with van der Waals surface area (Å²) in [6.07, 6.45) is 0.818. The number of rotatable bonds is 7. The lowest BCUT2D eigenvalue weighted by Crippen LogP contribution is -2.44. The van der Waals surface area contributed by atoms with Crippen molar-refractivity contribution in [3.63, 3.8) is 0 Å². The van der Waals surface area contributed by atoms with Gasteiger partial charge in [-0.3, -0.25) is 9.69 Å². The number of carbonyl (C=O) groups excluding carboxylic acids is 1. The van der Waals surface area contributed by atoms with E-state index in [1.165, 1.54) is 0 Å². The number of nitrogens with zero attached hydrogens (tertiary/aromatic N) is 3. The van der Waals surface area contributed by atoms with Crippen LogP contribution in [0.3, 0.4) is 0 Å².